The summed E-state index contributed by atoms with van der Waals surface area (Å²) in [7, 11) is 0. The highest BCUT2D eigenvalue weighted by molar-refractivity contribution is 6.32. The van der Waals surface area contributed by atoms with Crippen LogP contribution in [0.25, 0.3) is 0 Å². The van der Waals surface area contributed by atoms with Crippen LogP contribution in [-0.2, 0) is 6.54 Å². The topological polar surface area (TPSA) is 49.8 Å². The molecule has 2 N–H and O–H groups in total. The Morgan fingerprint density at radius 1 is 1.19 bits per heavy atom. The van der Waals surface area contributed by atoms with Gasteiger partial charge in [0.25, 0.3) is 0 Å². The molecule has 0 unspecified atom stereocenters. The Morgan fingerprint density at radius 2 is 2.00 bits per heavy atom. The predicted molar refractivity (Wildman–Crippen MR) is 84.6 cm³/mol. The molecule has 0 bridgehead atoms. The summed E-state index contributed by atoms with van der Waals surface area (Å²) in [5, 5.41) is 6.69. The van der Waals surface area contributed by atoms with Crippen molar-refractivity contribution in [1.82, 2.24) is 9.97 Å². The normalized spacial score (nSPS) is 10.5. The first kappa shape index (κ1) is 15.8. The summed E-state index contributed by atoms with van der Waals surface area (Å²) < 4.78 is 13.1. The van der Waals surface area contributed by atoms with Gasteiger partial charge in [-0.15, -0.1) is 0 Å². The summed E-state index contributed by atoms with van der Waals surface area (Å²) in [5.41, 5.74) is 0.833. The van der Waals surface area contributed by atoms with E-state index in [9.17, 15) is 4.39 Å². The number of nitrogens with zero attached hydrogens (tertiary/aromatic N) is 2. The molecule has 112 valence electrons. The number of rotatable bonds is 6. The van der Waals surface area contributed by atoms with Gasteiger partial charge in [0, 0.05) is 13.1 Å². The highest BCUT2D eigenvalue weighted by Gasteiger charge is 2.06. The number of hydrogen-bond acceptors (Lipinski definition) is 4. The molecule has 0 spiro atoms. The molecule has 2 aromatic rings. The molecule has 4 nitrogen and oxygen atoms in total. The number of benzene rings is 1. The molecule has 0 atom stereocenters. The molecular weight excluding hydrogens is 314 g/mol. The van der Waals surface area contributed by atoms with Gasteiger partial charge in [-0.1, -0.05) is 36.2 Å². The van der Waals surface area contributed by atoms with Crippen molar-refractivity contribution < 1.29 is 4.39 Å². The summed E-state index contributed by atoms with van der Waals surface area (Å²) in [5.74, 6) is 0.596. The van der Waals surface area contributed by atoms with E-state index in [2.05, 4.69) is 27.5 Å². The minimum absolute atomic E-state index is 0.0911. The van der Waals surface area contributed by atoms with E-state index < -0.39 is 5.82 Å². The summed E-state index contributed by atoms with van der Waals surface area (Å²) in [4.78, 5) is 8.38. The Morgan fingerprint density at radius 3 is 2.71 bits per heavy atom. The number of aromatic nitrogens is 2. The van der Waals surface area contributed by atoms with Crippen molar-refractivity contribution in [3.63, 3.8) is 0 Å². The molecule has 1 aromatic carbocycles. The molecule has 0 radical (unpaired) electrons. The lowest BCUT2D eigenvalue weighted by Gasteiger charge is -2.10. The van der Waals surface area contributed by atoms with Gasteiger partial charge in [0.15, 0.2) is 5.82 Å². The molecule has 21 heavy (non-hydrogen) atoms. The Balaban J connectivity index is 2.06. The monoisotopic (exact) mass is 328 g/mol. The Labute approximate surface area is 132 Å². The second-order valence-electron chi connectivity index (χ2n) is 4.42. The first-order valence-corrected chi connectivity index (χ1v) is 7.30. The lowest BCUT2D eigenvalue weighted by Crippen LogP contribution is -2.08. The van der Waals surface area contributed by atoms with E-state index in [-0.39, 0.29) is 5.02 Å². The molecule has 1 aromatic heterocycles. The van der Waals surface area contributed by atoms with Crippen LogP contribution in [-0.4, -0.2) is 16.5 Å². The van der Waals surface area contributed by atoms with Crippen LogP contribution in [0.4, 0.5) is 16.2 Å². The third-order valence-corrected chi connectivity index (χ3v) is 3.29. The van der Waals surface area contributed by atoms with Crippen LogP contribution in [0.1, 0.15) is 18.9 Å². The smallest absolute Gasteiger partial charge is 0.224 e. The quantitative estimate of drug-likeness (QED) is 0.827. The van der Waals surface area contributed by atoms with E-state index in [4.69, 9.17) is 23.2 Å². The standard InChI is InChI=1S/C14H15Cl2FN4/c1-2-5-18-14-20-8-11(16)13(21-14)19-7-9-3-4-12(17)10(15)6-9/h3-4,6,8H,2,5,7H2,1H3,(H2,18,19,20,21). The highest BCUT2D eigenvalue weighted by atomic mass is 35.5. The van der Waals surface area contributed by atoms with Gasteiger partial charge in [-0.2, -0.15) is 4.98 Å². The van der Waals surface area contributed by atoms with Crippen LogP contribution >= 0.6 is 23.2 Å². The summed E-state index contributed by atoms with van der Waals surface area (Å²) >= 11 is 11.8. The van der Waals surface area contributed by atoms with Crippen LogP contribution in [0.3, 0.4) is 0 Å². The van der Waals surface area contributed by atoms with Crippen LogP contribution < -0.4 is 10.6 Å². The van der Waals surface area contributed by atoms with Crippen molar-refractivity contribution in [3.8, 4) is 0 Å². The van der Waals surface area contributed by atoms with E-state index in [1.807, 2.05) is 0 Å². The Kier molecular flexibility index (Phi) is 5.59. The minimum atomic E-state index is -0.438. The molecule has 2 rings (SSSR count). The molecule has 0 fully saturated rings. The molecule has 0 aliphatic heterocycles. The molecule has 0 aliphatic carbocycles. The van der Waals surface area contributed by atoms with Gasteiger partial charge < -0.3 is 10.6 Å². The molecule has 0 saturated carbocycles. The summed E-state index contributed by atoms with van der Waals surface area (Å²) in [6.45, 7) is 3.28. The largest absolute Gasteiger partial charge is 0.365 e. The average Bonchev–Trinajstić information content (AvgIpc) is 2.48. The van der Waals surface area contributed by atoms with Crippen LogP contribution in [0.2, 0.25) is 10.0 Å². The SMILES string of the molecule is CCCNc1ncc(Cl)c(NCc2ccc(F)c(Cl)c2)n1. The van der Waals surface area contributed by atoms with Crippen molar-refractivity contribution in [2.24, 2.45) is 0 Å². The zero-order chi connectivity index (χ0) is 15.2. The van der Waals surface area contributed by atoms with Gasteiger partial charge in [-0.25, -0.2) is 9.37 Å². The molecule has 1 heterocycles. The first-order valence-electron chi connectivity index (χ1n) is 6.54. The van der Waals surface area contributed by atoms with Crippen molar-refractivity contribution in [3.05, 3.63) is 45.8 Å². The van der Waals surface area contributed by atoms with E-state index in [0.29, 0.717) is 23.3 Å². The molecule has 0 saturated heterocycles. The molecular formula is C14H15Cl2FN4. The van der Waals surface area contributed by atoms with E-state index >= 15 is 0 Å². The fourth-order valence-corrected chi connectivity index (χ4v) is 2.01. The van der Waals surface area contributed by atoms with Gasteiger partial charge in [0.05, 0.1) is 11.2 Å². The van der Waals surface area contributed by atoms with Gasteiger partial charge >= 0.3 is 0 Å². The maximum atomic E-state index is 13.1. The van der Waals surface area contributed by atoms with Crippen molar-refractivity contribution in [2.45, 2.75) is 19.9 Å². The number of anilines is 2. The number of hydrogen-bond donors (Lipinski definition) is 2. The predicted octanol–water partition coefficient (Wildman–Crippen LogP) is 4.36. The third-order valence-electron chi connectivity index (χ3n) is 2.72. The van der Waals surface area contributed by atoms with Crippen molar-refractivity contribution in [2.75, 3.05) is 17.2 Å². The Hall–Kier alpha value is -1.59. The second-order valence-corrected chi connectivity index (χ2v) is 5.23. The highest BCUT2D eigenvalue weighted by Crippen LogP contribution is 2.21. The number of halogens is 3. The molecule has 0 amide bonds. The minimum Gasteiger partial charge on any atom is -0.365 e. The molecule has 0 aliphatic rings. The average molecular weight is 329 g/mol. The zero-order valence-corrected chi connectivity index (χ0v) is 13.0. The van der Waals surface area contributed by atoms with E-state index in [0.717, 1.165) is 18.5 Å². The fraction of sp³-hybridized carbons (Fsp3) is 0.286. The van der Waals surface area contributed by atoms with Crippen molar-refractivity contribution in [1.29, 1.82) is 0 Å². The van der Waals surface area contributed by atoms with Crippen LogP contribution in [0.15, 0.2) is 24.4 Å². The van der Waals surface area contributed by atoms with Crippen LogP contribution in [0.5, 0.6) is 0 Å². The van der Waals surface area contributed by atoms with Gasteiger partial charge in [0.2, 0.25) is 5.95 Å². The Bertz CT molecular complexity index is 622. The lowest BCUT2D eigenvalue weighted by molar-refractivity contribution is 0.627. The third kappa shape index (κ3) is 4.44. The fourth-order valence-electron chi connectivity index (χ4n) is 1.65. The van der Waals surface area contributed by atoms with E-state index in [1.54, 1.807) is 12.1 Å². The second kappa shape index (κ2) is 7.43. The lowest BCUT2D eigenvalue weighted by atomic mass is 10.2. The van der Waals surface area contributed by atoms with Gasteiger partial charge in [0.1, 0.15) is 10.8 Å². The first-order chi connectivity index (χ1) is 10.1. The molecule has 7 heteroatoms. The van der Waals surface area contributed by atoms with Gasteiger partial charge in [-0.05, 0) is 24.1 Å². The summed E-state index contributed by atoms with van der Waals surface area (Å²) in [6, 6.07) is 4.55. The maximum absolute atomic E-state index is 13.1. The van der Waals surface area contributed by atoms with Crippen LogP contribution in [0, 0.1) is 5.82 Å². The zero-order valence-electron chi connectivity index (χ0n) is 11.5. The van der Waals surface area contributed by atoms with Crippen molar-refractivity contribution >= 4 is 35.0 Å². The van der Waals surface area contributed by atoms with Gasteiger partial charge in [-0.3, -0.25) is 0 Å². The maximum Gasteiger partial charge on any atom is 0.224 e. The van der Waals surface area contributed by atoms with E-state index in [1.165, 1.54) is 12.3 Å². The number of nitrogens with one attached hydrogen (secondary N) is 2. The summed E-state index contributed by atoms with van der Waals surface area (Å²) in [6.07, 6.45) is 2.51.